The normalized spacial score (nSPS) is 10.8. The number of non-ortho nitro benzene ring substituents is 1. The average Bonchev–Trinajstić information content (AvgIpc) is 3.03. The molecule has 3 aromatic rings. The van der Waals surface area contributed by atoms with E-state index < -0.39 is 16.6 Å². The first-order valence-corrected chi connectivity index (χ1v) is 9.17. The number of nitrogens with one attached hydrogen (secondary N) is 1. The molecule has 1 N–H and O–H groups in total. The van der Waals surface area contributed by atoms with E-state index >= 15 is 0 Å². The number of carbonyl (C=O) groups is 1. The van der Waals surface area contributed by atoms with E-state index in [4.69, 9.17) is 5.26 Å². The average molecular weight is 448 g/mol. The van der Waals surface area contributed by atoms with E-state index in [2.05, 4.69) is 10.3 Å². The molecule has 30 heavy (non-hydrogen) atoms. The fraction of sp³-hybridized carbons (Fsp3) is 0.105. The highest BCUT2D eigenvalue weighted by molar-refractivity contribution is 7.07. The number of nitriles is 1. The molecule has 0 spiro atoms. The molecule has 0 aliphatic carbocycles. The van der Waals surface area contributed by atoms with Crippen molar-refractivity contribution in [3.8, 4) is 6.07 Å². The monoisotopic (exact) mass is 447 g/mol. The summed E-state index contributed by atoms with van der Waals surface area (Å²) in [5.74, 6) is -1.27. The third kappa shape index (κ3) is 5.28. The summed E-state index contributed by atoms with van der Waals surface area (Å²) in [5.41, 5.74) is 1.28. The Morgan fingerprint density at radius 2 is 2.03 bits per heavy atom. The maximum Gasteiger partial charge on any atom is 0.271 e. The Labute approximate surface area is 180 Å². The number of benzene rings is 2. The summed E-state index contributed by atoms with van der Waals surface area (Å²) in [4.78, 5) is 27.6. The van der Waals surface area contributed by atoms with Gasteiger partial charge in [-0.15, -0.1) is 23.7 Å². The number of nitro groups is 1. The third-order valence-electron chi connectivity index (χ3n) is 4.02. The van der Waals surface area contributed by atoms with Gasteiger partial charge < -0.3 is 9.88 Å². The summed E-state index contributed by atoms with van der Waals surface area (Å²) in [5, 5.41) is 23.8. The maximum absolute atomic E-state index is 13.8. The second-order valence-corrected chi connectivity index (χ2v) is 6.82. The van der Waals surface area contributed by atoms with E-state index in [-0.39, 0.29) is 30.2 Å². The second kappa shape index (κ2) is 9.78. The summed E-state index contributed by atoms with van der Waals surface area (Å²) < 4.78 is 15.6. The number of nitrogens with zero attached hydrogens (tertiary/aromatic N) is 4. The van der Waals surface area contributed by atoms with Crippen molar-refractivity contribution in [2.45, 2.75) is 6.42 Å². The van der Waals surface area contributed by atoms with Gasteiger partial charge in [-0.3, -0.25) is 14.9 Å². The van der Waals surface area contributed by atoms with E-state index in [0.717, 1.165) is 18.2 Å². The van der Waals surface area contributed by atoms with E-state index in [1.54, 1.807) is 41.3 Å². The molecule has 0 atom stereocenters. The van der Waals surface area contributed by atoms with Gasteiger partial charge in [0, 0.05) is 30.3 Å². The molecule has 0 unspecified atom stereocenters. The molecule has 1 aromatic heterocycles. The lowest BCUT2D eigenvalue weighted by atomic mass is 10.2. The molecular formula is C19H15ClFN5O3S. The third-order valence-corrected chi connectivity index (χ3v) is 4.98. The van der Waals surface area contributed by atoms with Crippen molar-refractivity contribution in [1.82, 2.24) is 4.57 Å². The van der Waals surface area contributed by atoms with E-state index in [1.165, 1.54) is 11.3 Å². The molecule has 0 saturated heterocycles. The number of carbonyl (C=O) groups excluding carboxylic acids is 1. The quantitative estimate of drug-likeness (QED) is 0.472. The number of thiazole rings is 1. The number of hydrogen-bond donors (Lipinski definition) is 1. The molecule has 8 nitrogen and oxygen atoms in total. The highest BCUT2D eigenvalue weighted by atomic mass is 35.5. The molecule has 11 heteroatoms. The SMILES string of the molecule is Cl.Cn1c(CC(=O)Nc2cc([N+](=O)[O-])ccc2F)csc1=Nc1ccc(C#N)cc1. The number of nitro benzene ring substituents is 1. The Hall–Kier alpha value is -3.55. The van der Waals surface area contributed by atoms with Crippen molar-refractivity contribution in [2.24, 2.45) is 12.0 Å². The van der Waals surface area contributed by atoms with Crippen LogP contribution in [-0.2, 0) is 18.3 Å². The van der Waals surface area contributed by atoms with E-state index in [0.29, 0.717) is 21.7 Å². The molecule has 0 fully saturated rings. The molecule has 0 bridgehead atoms. The van der Waals surface area contributed by atoms with Gasteiger partial charge in [-0.25, -0.2) is 9.38 Å². The predicted molar refractivity (Wildman–Crippen MR) is 112 cm³/mol. The van der Waals surface area contributed by atoms with Crippen molar-refractivity contribution < 1.29 is 14.1 Å². The van der Waals surface area contributed by atoms with Crippen LogP contribution in [0, 0.1) is 27.3 Å². The van der Waals surface area contributed by atoms with Gasteiger partial charge in [0.2, 0.25) is 5.91 Å². The summed E-state index contributed by atoms with van der Waals surface area (Å²) in [6.07, 6.45) is -0.0575. The molecule has 0 saturated carbocycles. The number of aromatic nitrogens is 1. The van der Waals surface area contributed by atoms with E-state index in [9.17, 15) is 19.3 Å². The first-order valence-electron chi connectivity index (χ1n) is 8.29. The summed E-state index contributed by atoms with van der Waals surface area (Å²) in [6, 6.07) is 11.7. The molecule has 0 aliphatic heterocycles. The Bertz CT molecular complexity index is 1200. The summed E-state index contributed by atoms with van der Waals surface area (Å²) >= 11 is 1.33. The highest BCUT2D eigenvalue weighted by Gasteiger charge is 2.14. The van der Waals surface area contributed by atoms with Crippen LogP contribution >= 0.6 is 23.7 Å². The molecule has 0 radical (unpaired) electrons. The zero-order valence-electron chi connectivity index (χ0n) is 15.5. The Kier molecular flexibility index (Phi) is 7.41. The van der Waals surface area contributed by atoms with Gasteiger partial charge in [-0.2, -0.15) is 5.26 Å². The number of halogens is 2. The minimum atomic E-state index is -0.754. The van der Waals surface area contributed by atoms with Gasteiger partial charge in [0.25, 0.3) is 5.69 Å². The minimum absolute atomic E-state index is 0. The molecule has 0 aliphatic rings. The molecule has 1 amide bonds. The zero-order valence-corrected chi connectivity index (χ0v) is 17.2. The minimum Gasteiger partial charge on any atom is -0.323 e. The van der Waals surface area contributed by atoms with Crippen LogP contribution in [0.25, 0.3) is 0 Å². The number of rotatable bonds is 5. The van der Waals surface area contributed by atoms with Crippen molar-refractivity contribution in [1.29, 1.82) is 5.26 Å². The molecule has 154 valence electrons. The van der Waals surface area contributed by atoms with Crippen LogP contribution in [0.2, 0.25) is 0 Å². The van der Waals surface area contributed by atoms with Crippen LogP contribution in [0.4, 0.5) is 21.5 Å². The Balaban J connectivity index is 0.00000320. The molecular weight excluding hydrogens is 433 g/mol. The van der Waals surface area contributed by atoms with Crippen molar-refractivity contribution in [2.75, 3.05) is 5.32 Å². The number of amides is 1. The van der Waals surface area contributed by atoms with Crippen LogP contribution < -0.4 is 10.1 Å². The Morgan fingerprint density at radius 3 is 2.67 bits per heavy atom. The van der Waals surface area contributed by atoms with Crippen LogP contribution in [0.1, 0.15) is 11.3 Å². The van der Waals surface area contributed by atoms with Gasteiger partial charge in [-0.05, 0) is 30.3 Å². The Morgan fingerprint density at radius 1 is 1.33 bits per heavy atom. The molecule has 1 heterocycles. The fourth-order valence-electron chi connectivity index (χ4n) is 2.47. The first-order chi connectivity index (χ1) is 13.9. The zero-order chi connectivity index (χ0) is 21.0. The standard InChI is InChI=1S/C19H14FN5O3S.ClH/c1-24-15(11-29-19(24)22-13-4-2-12(10-21)3-5-13)9-18(26)23-17-8-14(25(27)28)6-7-16(17)20;/h2-8,11H,9H2,1H3,(H,23,26);1H. The summed E-state index contributed by atoms with van der Waals surface area (Å²) in [7, 11) is 1.75. The molecule has 3 rings (SSSR count). The lowest BCUT2D eigenvalue weighted by Crippen LogP contribution is -2.20. The topological polar surface area (TPSA) is 113 Å². The van der Waals surface area contributed by atoms with Gasteiger partial charge in [-0.1, -0.05) is 0 Å². The van der Waals surface area contributed by atoms with Crippen LogP contribution in [-0.4, -0.2) is 15.4 Å². The van der Waals surface area contributed by atoms with Crippen molar-refractivity contribution in [3.63, 3.8) is 0 Å². The molecule has 2 aromatic carbocycles. The van der Waals surface area contributed by atoms with E-state index in [1.807, 2.05) is 6.07 Å². The van der Waals surface area contributed by atoms with Gasteiger partial charge in [0.1, 0.15) is 5.82 Å². The van der Waals surface area contributed by atoms with Gasteiger partial charge >= 0.3 is 0 Å². The number of hydrogen-bond acceptors (Lipinski definition) is 6. The van der Waals surface area contributed by atoms with Gasteiger partial charge in [0.05, 0.1) is 34.4 Å². The smallest absolute Gasteiger partial charge is 0.271 e. The highest BCUT2D eigenvalue weighted by Crippen LogP contribution is 2.21. The van der Waals surface area contributed by atoms with Crippen LogP contribution in [0.5, 0.6) is 0 Å². The van der Waals surface area contributed by atoms with Gasteiger partial charge in [0.15, 0.2) is 4.80 Å². The maximum atomic E-state index is 13.8. The lowest BCUT2D eigenvalue weighted by Gasteiger charge is -2.07. The summed E-state index contributed by atoms with van der Waals surface area (Å²) in [6.45, 7) is 0. The van der Waals surface area contributed by atoms with Crippen molar-refractivity contribution in [3.05, 3.63) is 79.8 Å². The second-order valence-electron chi connectivity index (χ2n) is 5.99. The fourth-order valence-corrected chi connectivity index (χ4v) is 3.38. The first kappa shape index (κ1) is 22.7. The predicted octanol–water partition coefficient (Wildman–Crippen LogP) is 3.84. The van der Waals surface area contributed by atoms with Crippen molar-refractivity contribution >= 4 is 46.7 Å². The lowest BCUT2D eigenvalue weighted by molar-refractivity contribution is -0.384. The number of anilines is 1. The van der Waals surface area contributed by atoms with Crippen LogP contribution in [0.15, 0.2) is 52.8 Å². The largest absolute Gasteiger partial charge is 0.323 e. The van der Waals surface area contributed by atoms with Crippen LogP contribution in [0.3, 0.4) is 0 Å².